The minimum atomic E-state index is -0.115. The van der Waals surface area contributed by atoms with Crippen molar-refractivity contribution in [2.24, 2.45) is 5.73 Å². The molecular formula is C19H18Cl2N6S. The van der Waals surface area contributed by atoms with E-state index in [0.29, 0.717) is 23.0 Å². The van der Waals surface area contributed by atoms with Crippen molar-refractivity contribution in [3.05, 3.63) is 57.7 Å². The smallest absolute Gasteiger partial charge is 0.206 e. The molecule has 4 aromatic rings. The van der Waals surface area contributed by atoms with Gasteiger partial charge < -0.3 is 11.1 Å². The van der Waals surface area contributed by atoms with Crippen LogP contribution in [0.15, 0.2) is 36.5 Å². The molecule has 2 heterocycles. The Labute approximate surface area is 176 Å². The summed E-state index contributed by atoms with van der Waals surface area (Å²) in [6.45, 7) is 2.61. The van der Waals surface area contributed by atoms with Crippen LogP contribution in [0.3, 0.4) is 0 Å². The van der Waals surface area contributed by atoms with Gasteiger partial charge in [-0.3, -0.25) is 5.10 Å². The van der Waals surface area contributed by atoms with Gasteiger partial charge in [-0.05, 0) is 48.7 Å². The average molecular weight is 433 g/mol. The van der Waals surface area contributed by atoms with Crippen LogP contribution in [0.4, 0.5) is 5.13 Å². The van der Waals surface area contributed by atoms with Gasteiger partial charge in [0.2, 0.25) is 5.13 Å². The van der Waals surface area contributed by atoms with Crippen LogP contribution in [-0.2, 0) is 6.42 Å². The highest BCUT2D eigenvalue weighted by Gasteiger charge is 2.12. The molecule has 9 heteroatoms. The zero-order valence-electron chi connectivity index (χ0n) is 15.0. The van der Waals surface area contributed by atoms with Gasteiger partial charge in [-0.25, -0.2) is 0 Å². The van der Waals surface area contributed by atoms with Gasteiger partial charge in [0.25, 0.3) is 0 Å². The molecule has 0 aliphatic carbocycles. The first-order valence-electron chi connectivity index (χ1n) is 8.70. The summed E-state index contributed by atoms with van der Waals surface area (Å²) >= 11 is 13.7. The predicted octanol–water partition coefficient (Wildman–Crippen LogP) is 4.68. The van der Waals surface area contributed by atoms with Gasteiger partial charge in [0.1, 0.15) is 5.01 Å². The van der Waals surface area contributed by atoms with E-state index in [1.807, 2.05) is 25.3 Å². The number of aromatic amines is 1. The maximum atomic E-state index is 6.24. The first-order valence-corrected chi connectivity index (χ1v) is 10.3. The van der Waals surface area contributed by atoms with Crippen molar-refractivity contribution in [3.8, 4) is 10.6 Å². The SMILES string of the molecule is Cc1cc(-c2nnc(NCC(N)Cc3ccc(Cl)cc3Cl)s2)cc2cn[nH]c12. The van der Waals surface area contributed by atoms with Crippen LogP contribution in [0.1, 0.15) is 11.1 Å². The van der Waals surface area contributed by atoms with Crippen LogP contribution in [-0.4, -0.2) is 33.0 Å². The van der Waals surface area contributed by atoms with Crippen LogP contribution < -0.4 is 11.1 Å². The number of hydrogen-bond donors (Lipinski definition) is 3. The molecule has 1 atom stereocenters. The number of fused-ring (bicyclic) bond motifs is 1. The van der Waals surface area contributed by atoms with Crippen molar-refractivity contribution < 1.29 is 0 Å². The first kappa shape index (κ1) is 19.1. The Kier molecular flexibility index (Phi) is 5.50. The van der Waals surface area contributed by atoms with Gasteiger partial charge in [0.15, 0.2) is 0 Å². The molecule has 0 saturated heterocycles. The Balaban J connectivity index is 1.41. The van der Waals surface area contributed by atoms with E-state index in [0.717, 1.165) is 37.7 Å². The highest BCUT2D eigenvalue weighted by atomic mass is 35.5. The number of rotatable bonds is 6. The number of H-pyrrole nitrogens is 1. The Hall–Kier alpha value is -2.19. The Morgan fingerprint density at radius 1 is 1.21 bits per heavy atom. The van der Waals surface area contributed by atoms with E-state index in [-0.39, 0.29) is 6.04 Å². The summed E-state index contributed by atoms with van der Waals surface area (Å²) in [4.78, 5) is 0. The average Bonchev–Trinajstić information content (AvgIpc) is 3.31. The minimum absolute atomic E-state index is 0.115. The standard InChI is InChI=1S/C19H18Cl2N6S/c1-10-4-12(5-13-8-24-25-17(10)13)18-26-27-19(28-18)23-9-15(22)6-11-2-3-14(20)7-16(11)21/h2-5,7-8,15H,6,9,22H2,1H3,(H,23,27)(H,24,25). The molecule has 0 amide bonds. The number of nitrogens with two attached hydrogens (primary N) is 1. The number of benzene rings is 2. The number of halogens is 2. The normalized spacial score (nSPS) is 12.4. The summed E-state index contributed by atoms with van der Waals surface area (Å²) in [6.07, 6.45) is 2.46. The molecule has 0 aliphatic rings. The molecule has 6 nitrogen and oxygen atoms in total. The van der Waals surface area contributed by atoms with Crippen molar-refractivity contribution in [1.82, 2.24) is 20.4 Å². The monoisotopic (exact) mass is 432 g/mol. The second-order valence-electron chi connectivity index (χ2n) is 6.62. The zero-order chi connectivity index (χ0) is 19.7. The number of aromatic nitrogens is 4. The van der Waals surface area contributed by atoms with Crippen LogP contribution in [0, 0.1) is 6.92 Å². The third kappa shape index (κ3) is 4.12. The second-order valence-corrected chi connectivity index (χ2v) is 8.44. The second kappa shape index (κ2) is 8.05. The molecule has 4 N–H and O–H groups in total. The van der Waals surface area contributed by atoms with E-state index in [1.54, 1.807) is 6.07 Å². The van der Waals surface area contributed by atoms with Gasteiger partial charge in [0.05, 0.1) is 11.7 Å². The Morgan fingerprint density at radius 2 is 2.07 bits per heavy atom. The maximum Gasteiger partial charge on any atom is 0.206 e. The summed E-state index contributed by atoms with van der Waals surface area (Å²) in [7, 11) is 0. The quantitative estimate of drug-likeness (QED) is 0.411. The maximum absolute atomic E-state index is 6.24. The van der Waals surface area contributed by atoms with E-state index >= 15 is 0 Å². The number of hydrogen-bond acceptors (Lipinski definition) is 6. The van der Waals surface area contributed by atoms with Gasteiger partial charge in [-0.1, -0.05) is 40.6 Å². The Morgan fingerprint density at radius 3 is 2.89 bits per heavy atom. The molecule has 28 heavy (non-hydrogen) atoms. The molecule has 144 valence electrons. The summed E-state index contributed by atoms with van der Waals surface area (Å²) in [5, 5.41) is 22.8. The molecule has 0 saturated carbocycles. The van der Waals surface area contributed by atoms with Gasteiger partial charge in [-0.15, -0.1) is 10.2 Å². The van der Waals surface area contributed by atoms with Crippen molar-refractivity contribution in [1.29, 1.82) is 0 Å². The van der Waals surface area contributed by atoms with E-state index in [2.05, 4.69) is 37.8 Å². The largest absolute Gasteiger partial charge is 0.359 e. The predicted molar refractivity (Wildman–Crippen MR) is 116 cm³/mol. The van der Waals surface area contributed by atoms with Crippen LogP contribution >= 0.6 is 34.5 Å². The Bertz CT molecular complexity index is 1120. The first-order chi connectivity index (χ1) is 13.5. The highest BCUT2D eigenvalue weighted by Crippen LogP contribution is 2.30. The fourth-order valence-corrected chi connectivity index (χ4v) is 4.25. The highest BCUT2D eigenvalue weighted by molar-refractivity contribution is 7.18. The number of aryl methyl sites for hydroxylation is 1. The number of nitrogens with zero attached hydrogens (tertiary/aromatic N) is 3. The molecule has 0 bridgehead atoms. The van der Waals surface area contributed by atoms with E-state index in [9.17, 15) is 0 Å². The fraction of sp³-hybridized carbons (Fsp3) is 0.211. The zero-order valence-corrected chi connectivity index (χ0v) is 17.4. The lowest BCUT2D eigenvalue weighted by Gasteiger charge is -2.13. The molecule has 2 aromatic carbocycles. The minimum Gasteiger partial charge on any atom is -0.359 e. The molecule has 2 aromatic heterocycles. The molecule has 0 spiro atoms. The molecule has 0 fully saturated rings. The van der Waals surface area contributed by atoms with Crippen LogP contribution in [0.25, 0.3) is 21.5 Å². The van der Waals surface area contributed by atoms with E-state index in [4.69, 9.17) is 28.9 Å². The van der Waals surface area contributed by atoms with Crippen molar-refractivity contribution in [2.75, 3.05) is 11.9 Å². The summed E-state index contributed by atoms with van der Waals surface area (Å²) in [6, 6.07) is 9.48. The lowest BCUT2D eigenvalue weighted by molar-refractivity contribution is 0.698. The topological polar surface area (TPSA) is 92.5 Å². The summed E-state index contributed by atoms with van der Waals surface area (Å²) in [5.74, 6) is 0. The lowest BCUT2D eigenvalue weighted by atomic mass is 10.1. The number of anilines is 1. The third-order valence-electron chi connectivity index (χ3n) is 4.43. The van der Waals surface area contributed by atoms with E-state index in [1.165, 1.54) is 11.3 Å². The molecule has 0 aliphatic heterocycles. The van der Waals surface area contributed by atoms with Crippen LogP contribution in [0.5, 0.6) is 0 Å². The fourth-order valence-electron chi connectivity index (χ4n) is 3.03. The van der Waals surface area contributed by atoms with Gasteiger partial charge >= 0.3 is 0 Å². The molecule has 1 unspecified atom stereocenters. The lowest BCUT2D eigenvalue weighted by Crippen LogP contribution is -2.31. The number of nitrogens with one attached hydrogen (secondary N) is 2. The summed E-state index contributed by atoms with van der Waals surface area (Å²) < 4.78 is 0. The van der Waals surface area contributed by atoms with Crippen LogP contribution in [0.2, 0.25) is 10.0 Å². The van der Waals surface area contributed by atoms with Crippen molar-refractivity contribution in [2.45, 2.75) is 19.4 Å². The summed E-state index contributed by atoms with van der Waals surface area (Å²) in [5.41, 5.74) is 10.4. The van der Waals surface area contributed by atoms with Crippen molar-refractivity contribution in [3.63, 3.8) is 0 Å². The molecule has 4 rings (SSSR count). The third-order valence-corrected chi connectivity index (χ3v) is 5.95. The van der Waals surface area contributed by atoms with Crippen molar-refractivity contribution >= 4 is 50.6 Å². The molecule has 0 radical (unpaired) electrons. The van der Waals surface area contributed by atoms with Gasteiger partial charge in [0, 0.05) is 33.6 Å². The molecular weight excluding hydrogens is 415 g/mol. The van der Waals surface area contributed by atoms with Gasteiger partial charge in [-0.2, -0.15) is 5.10 Å². The van der Waals surface area contributed by atoms with E-state index < -0.39 is 0 Å².